The number of rotatable bonds is 11. The van der Waals surface area contributed by atoms with Gasteiger partial charge in [-0.05, 0) is 61.0 Å². The summed E-state index contributed by atoms with van der Waals surface area (Å²) in [5.74, 6) is 1.56. The van der Waals surface area contributed by atoms with E-state index in [1.165, 1.54) is 10.4 Å². The van der Waals surface area contributed by atoms with Gasteiger partial charge in [0.05, 0.1) is 16.8 Å². The average molecular weight is 448 g/mol. The molecule has 4 aromatic rings. The quantitative estimate of drug-likeness (QED) is 0.297. The SMILES string of the molecule is CC(CCc1ccccc1)NCC(O)COc1ccc(-c2ncc(-c3cccs3)[nH]2)cc1. The molecule has 0 saturated heterocycles. The van der Waals surface area contributed by atoms with Crippen LogP contribution in [-0.2, 0) is 6.42 Å². The number of ether oxygens (including phenoxy) is 1. The van der Waals surface area contributed by atoms with E-state index in [1.807, 2.05) is 42.6 Å². The van der Waals surface area contributed by atoms with Crippen LogP contribution in [0.5, 0.6) is 5.75 Å². The van der Waals surface area contributed by atoms with E-state index in [9.17, 15) is 5.11 Å². The molecule has 2 unspecified atom stereocenters. The molecule has 0 aliphatic heterocycles. The van der Waals surface area contributed by atoms with E-state index in [2.05, 4.69) is 57.9 Å². The van der Waals surface area contributed by atoms with Crippen LogP contribution < -0.4 is 10.1 Å². The van der Waals surface area contributed by atoms with Gasteiger partial charge >= 0.3 is 0 Å². The molecule has 0 radical (unpaired) electrons. The predicted molar refractivity (Wildman–Crippen MR) is 131 cm³/mol. The van der Waals surface area contributed by atoms with Crippen molar-refractivity contribution in [1.29, 1.82) is 0 Å². The molecule has 166 valence electrons. The summed E-state index contributed by atoms with van der Waals surface area (Å²) in [6, 6.07) is 22.7. The van der Waals surface area contributed by atoms with Gasteiger partial charge in [-0.15, -0.1) is 11.3 Å². The lowest BCUT2D eigenvalue weighted by atomic mass is 10.1. The molecular formula is C26H29N3O2S. The topological polar surface area (TPSA) is 70.2 Å². The van der Waals surface area contributed by atoms with Gasteiger partial charge < -0.3 is 20.1 Å². The van der Waals surface area contributed by atoms with Gasteiger partial charge in [0.2, 0.25) is 0 Å². The maximum absolute atomic E-state index is 10.3. The summed E-state index contributed by atoms with van der Waals surface area (Å²) in [6.45, 7) is 2.90. The van der Waals surface area contributed by atoms with Gasteiger partial charge in [-0.1, -0.05) is 36.4 Å². The third kappa shape index (κ3) is 6.29. The summed E-state index contributed by atoms with van der Waals surface area (Å²) in [7, 11) is 0. The van der Waals surface area contributed by atoms with E-state index < -0.39 is 6.10 Å². The number of aromatic nitrogens is 2. The molecule has 2 aromatic carbocycles. The van der Waals surface area contributed by atoms with Crippen LogP contribution in [0, 0.1) is 0 Å². The Hall–Kier alpha value is -2.93. The minimum absolute atomic E-state index is 0.251. The second-order valence-corrected chi connectivity index (χ2v) is 8.89. The number of thiophene rings is 1. The summed E-state index contributed by atoms with van der Waals surface area (Å²) in [4.78, 5) is 9.01. The summed E-state index contributed by atoms with van der Waals surface area (Å²) in [5.41, 5.74) is 3.35. The maximum atomic E-state index is 10.3. The van der Waals surface area contributed by atoms with Gasteiger partial charge in [-0.3, -0.25) is 0 Å². The number of aromatic amines is 1. The van der Waals surface area contributed by atoms with Crippen LogP contribution in [0.3, 0.4) is 0 Å². The van der Waals surface area contributed by atoms with E-state index in [-0.39, 0.29) is 6.61 Å². The number of H-pyrrole nitrogens is 1. The number of aliphatic hydroxyl groups is 1. The lowest BCUT2D eigenvalue weighted by Crippen LogP contribution is -2.36. The third-order valence-corrected chi connectivity index (χ3v) is 6.25. The molecule has 0 amide bonds. The number of benzene rings is 2. The molecule has 0 bridgehead atoms. The molecular weight excluding hydrogens is 418 g/mol. The van der Waals surface area contributed by atoms with Crippen molar-refractivity contribution in [2.24, 2.45) is 0 Å². The number of hydrogen-bond donors (Lipinski definition) is 3. The van der Waals surface area contributed by atoms with E-state index >= 15 is 0 Å². The van der Waals surface area contributed by atoms with Crippen LogP contribution in [0.1, 0.15) is 18.9 Å². The van der Waals surface area contributed by atoms with Crippen molar-refractivity contribution in [2.75, 3.05) is 13.2 Å². The molecule has 5 nitrogen and oxygen atoms in total. The molecule has 0 saturated carbocycles. The number of nitrogens with one attached hydrogen (secondary N) is 2. The van der Waals surface area contributed by atoms with E-state index in [0.717, 1.165) is 35.7 Å². The summed E-state index contributed by atoms with van der Waals surface area (Å²) in [5, 5.41) is 15.7. The van der Waals surface area contributed by atoms with Crippen molar-refractivity contribution < 1.29 is 9.84 Å². The van der Waals surface area contributed by atoms with E-state index in [0.29, 0.717) is 12.6 Å². The number of aryl methyl sites for hydroxylation is 1. The van der Waals surface area contributed by atoms with E-state index in [1.54, 1.807) is 11.3 Å². The van der Waals surface area contributed by atoms with Crippen LogP contribution in [0.4, 0.5) is 0 Å². The summed E-state index contributed by atoms with van der Waals surface area (Å²) < 4.78 is 5.77. The minimum atomic E-state index is -0.563. The fourth-order valence-corrected chi connectivity index (χ4v) is 4.14. The second-order valence-electron chi connectivity index (χ2n) is 7.95. The zero-order valence-corrected chi connectivity index (χ0v) is 19.0. The van der Waals surface area contributed by atoms with Crippen molar-refractivity contribution in [3.05, 3.63) is 83.9 Å². The monoisotopic (exact) mass is 447 g/mol. The normalized spacial score (nSPS) is 13.1. The highest BCUT2D eigenvalue weighted by atomic mass is 32.1. The maximum Gasteiger partial charge on any atom is 0.137 e. The van der Waals surface area contributed by atoms with Gasteiger partial charge in [-0.25, -0.2) is 4.98 Å². The molecule has 0 aliphatic rings. The highest BCUT2D eigenvalue weighted by Crippen LogP contribution is 2.26. The van der Waals surface area contributed by atoms with Crippen molar-refractivity contribution >= 4 is 11.3 Å². The van der Waals surface area contributed by atoms with Crippen LogP contribution >= 0.6 is 11.3 Å². The van der Waals surface area contributed by atoms with Gasteiger partial charge in [0, 0.05) is 18.2 Å². The largest absolute Gasteiger partial charge is 0.491 e. The van der Waals surface area contributed by atoms with Gasteiger partial charge in [0.25, 0.3) is 0 Å². The molecule has 3 N–H and O–H groups in total. The number of aliphatic hydroxyl groups excluding tert-OH is 1. The average Bonchev–Trinajstić information content (AvgIpc) is 3.53. The number of hydrogen-bond acceptors (Lipinski definition) is 5. The molecule has 2 aromatic heterocycles. The standard InChI is InChI=1S/C26H29N3O2S/c1-19(9-10-20-6-3-2-4-7-20)27-16-22(30)18-31-23-13-11-21(12-14-23)26-28-17-24(29-26)25-8-5-15-32-25/h2-8,11-15,17,19,22,27,30H,9-10,16,18H2,1H3,(H,28,29). The Morgan fingerprint density at radius 1 is 1.06 bits per heavy atom. The molecule has 6 heteroatoms. The van der Waals surface area contributed by atoms with Crippen molar-refractivity contribution in [2.45, 2.75) is 31.9 Å². The molecule has 2 heterocycles. The molecule has 0 aliphatic carbocycles. The Morgan fingerprint density at radius 3 is 2.62 bits per heavy atom. The highest BCUT2D eigenvalue weighted by molar-refractivity contribution is 7.13. The Morgan fingerprint density at radius 2 is 1.88 bits per heavy atom. The first-order chi connectivity index (χ1) is 15.7. The lowest BCUT2D eigenvalue weighted by molar-refractivity contribution is 0.104. The molecule has 2 atom stereocenters. The van der Waals surface area contributed by atoms with Gasteiger partial charge in [-0.2, -0.15) is 0 Å². The smallest absolute Gasteiger partial charge is 0.137 e. The Bertz CT molecular complexity index is 1060. The Labute approximate surface area is 193 Å². The van der Waals surface area contributed by atoms with Crippen molar-refractivity contribution in [3.8, 4) is 27.7 Å². The lowest BCUT2D eigenvalue weighted by Gasteiger charge is -2.17. The first-order valence-electron chi connectivity index (χ1n) is 10.9. The zero-order chi connectivity index (χ0) is 22.2. The van der Waals surface area contributed by atoms with Crippen molar-refractivity contribution in [3.63, 3.8) is 0 Å². The number of imidazole rings is 1. The Kier molecular flexibility index (Phi) is 7.72. The van der Waals surface area contributed by atoms with Crippen LogP contribution in [0.25, 0.3) is 22.0 Å². The van der Waals surface area contributed by atoms with Gasteiger partial charge in [0.15, 0.2) is 0 Å². The molecule has 32 heavy (non-hydrogen) atoms. The number of nitrogens with zero attached hydrogens (tertiary/aromatic N) is 1. The highest BCUT2D eigenvalue weighted by Gasteiger charge is 2.10. The minimum Gasteiger partial charge on any atom is -0.491 e. The molecule has 0 spiro atoms. The molecule has 4 rings (SSSR count). The van der Waals surface area contributed by atoms with Crippen LogP contribution in [-0.4, -0.2) is 40.4 Å². The fourth-order valence-electron chi connectivity index (χ4n) is 3.45. The zero-order valence-electron chi connectivity index (χ0n) is 18.2. The Balaban J connectivity index is 1.19. The van der Waals surface area contributed by atoms with E-state index in [4.69, 9.17) is 4.74 Å². The first kappa shape index (κ1) is 22.3. The summed E-state index contributed by atoms with van der Waals surface area (Å²) in [6.07, 6.45) is 3.35. The van der Waals surface area contributed by atoms with Crippen LogP contribution in [0.2, 0.25) is 0 Å². The third-order valence-electron chi connectivity index (χ3n) is 5.34. The fraction of sp³-hybridized carbons (Fsp3) is 0.269. The summed E-state index contributed by atoms with van der Waals surface area (Å²) >= 11 is 1.68. The van der Waals surface area contributed by atoms with Gasteiger partial charge in [0.1, 0.15) is 24.3 Å². The van der Waals surface area contributed by atoms with Crippen molar-refractivity contribution in [1.82, 2.24) is 15.3 Å². The first-order valence-corrected chi connectivity index (χ1v) is 11.8. The second kappa shape index (κ2) is 11.1. The van der Waals surface area contributed by atoms with Crippen LogP contribution in [0.15, 0.2) is 78.3 Å². The predicted octanol–water partition coefficient (Wildman–Crippen LogP) is 5.16. The molecule has 0 fully saturated rings.